The van der Waals surface area contributed by atoms with E-state index < -0.39 is 71.2 Å². The Morgan fingerprint density at radius 2 is 1.11 bits per heavy atom. The van der Waals surface area contributed by atoms with Crippen molar-refractivity contribution in [1.29, 1.82) is 0 Å². The van der Waals surface area contributed by atoms with Gasteiger partial charge < -0.3 is 34.3 Å². The van der Waals surface area contributed by atoms with E-state index in [-0.39, 0.29) is 19.4 Å². The van der Waals surface area contributed by atoms with Gasteiger partial charge in [0.25, 0.3) is 10.1 Å². The van der Waals surface area contributed by atoms with Crippen LogP contribution in [0.2, 0.25) is 0 Å². The summed E-state index contributed by atoms with van der Waals surface area (Å²) >= 11 is 0. The summed E-state index contributed by atoms with van der Waals surface area (Å²) in [5, 5.41) is 30.8. The molecule has 1 aliphatic rings. The van der Waals surface area contributed by atoms with E-state index in [1.165, 1.54) is 38.5 Å². The molecule has 1 rings (SSSR count). The zero-order valence-electron chi connectivity index (χ0n) is 33.8. The van der Waals surface area contributed by atoms with Crippen LogP contribution >= 0.6 is 0 Å². The van der Waals surface area contributed by atoms with Gasteiger partial charge in [0.05, 0.1) is 6.61 Å². The molecule has 13 heteroatoms. The van der Waals surface area contributed by atoms with Crippen LogP contribution in [-0.2, 0) is 38.7 Å². The van der Waals surface area contributed by atoms with Crippen molar-refractivity contribution in [1.82, 2.24) is 0 Å². The van der Waals surface area contributed by atoms with E-state index in [9.17, 15) is 37.9 Å². The summed E-state index contributed by atoms with van der Waals surface area (Å²) < 4.78 is 53.9. The van der Waals surface area contributed by atoms with Crippen LogP contribution in [0.5, 0.6) is 0 Å². The van der Waals surface area contributed by atoms with Crippen LogP contribution in [0, 0.1) is 0 Å². The van der Waals surface area contributed by atoms with Crippen LogP contribution in [0.15, 0.2) is 36.5 Å². The lowest BCUT2D eigenvalue weighted by molar-refractivity contribution is -0.297. The van der Waals surface area contributed by atoms with Crippen molar-refractivity contribution in [2.24, 2.45) is 0 Å². The number of carbonyl (C=O) groups is 2. The molecule has 0 aromatic carbocycles. The predicted molar refractivity (Wildman–Crippen MR) is 215 cm³/mol. The first-order valence-corrected chi connectivity index (χ1v) is 22.7. The lowest BCUT2D eigenvalue weighted by atomic mass is 10.00. The summed E-state index contributed by atoms with van der Waals surface area (Å²) in [6, 6.07) is 0. The van der Waals surface area contributed by atoms with Crippen LogP contribution in [0.25, 0.3) is 0 Å². The number of hydrogen-bond donors (Lipinski definition) is 4. The van der Waals surface area contributed by atoms with Gasteiger partial charge in [0, 0.05) is 12.8 Å². The SMILES string of the molecule is CCCC/C=C\CCCCCCCC(=O)OCC(COC1OC(CS(=O)(=O)O)C(O)C(O)C1O)OC(=O)CCCCCCC/C=C\C/C=C\CCCCCC. The molecule has 0 spiro atoms. The van der Waals surface area contributed by atoms with Crippen LogP contribution in [0.3, 0.4) is 0 Å². The van der Waals surface area contributed by atoms with Gasteiger partial charge in [0.1, 0.15) is 36.8 Å². The molecule has 0 saturated carbocycles. The Bertz CT molecular complexity index is 1170. The van der Waals surface area contributed by atoms with Gasteiger partial charge in [-0.2, -0.15) is 8.42 Å². The molecule has 1 saturated heterocycles. The average molecular weight is 803 g/mol. The maximum Gasteiger partial charge on any atom is 0.306 e. The fourth-order valence-corrected chi connectivity index (χ4v) is 6.79. The van der Waals surface area contributed by atoms with Gasteiger partial charge in [-0.3, -0.25) is 14.1 Å². The van der Waals surface area contributed by atoms with Gasteiger partial charge >= 0.3 is 11.9 Å². The van der Waals surface area contributed by atoms with Crippen molar-refractivity contribution in [2.45, 2.75) is 198 Å². The van der Waals surface area contributed by atoms with Gasteiger partial charge in [-0.1, -0.05) is 121 Å². The minimum atomic E-state index is -4.60. The first-order valence-electron chi connectivity index (χ1n) is 21.0. The molecule has 0 bridgehead atoms. The van der Waals surface area contributed by atoms with Crippen molar-refractivity contribution in [3.8, 4) is 0 Å². The molecule has 0 aromatic heterocycles. The topological polar surface area (TPSA) is 186 Å². The Labute approximate surface area is 331 Å². The van der Waals surface area contributed by atoms with E-state index in [0.717, 1.165) is 83.5 Å². The molecule has 1 heterocycles. The Morgan fingerprint density at radius 1 is 0.618 bits per heavy atom. The van der Waals surface area contributed by atoms with Gasteiger partial charge in [-0.05, 0) is 64.2 Å². The van der Waals surface area contributed by atoms with Gasteiger partial charge in [0.2, 0.25) is 0 Å². The highest BCUT2D eigenvalue weighted by Gasteiger charge is 2.46. The summed E-state index contributed by atoms with van der Waals surface area (Å²) in [6.07, 6.45) is 26.2. The van der Waals surface area contributed by atoms with E-state index in [4.69, 9.17) is 18.9 Å². The number of unbranched alkanes of at least 4 members (excludes halogenated alkanes) is 16. The second-order valence-electron chi connectivity index (χ2n) is 14.6. The minimum absolute atomic E-state index is 0.146. The molecule has 4 N–H and O–H groups in total. The van der Waals surface area contributed by atoms with Crippen molar-refractivity contribution >= 4 is 22.1 Å². The maximum absolute atomic E-state index is 12.8. The van der Waals surface area contributed by atoms with Crippen LogP contribution in [-0.4, -0.2) is 96.0 Å². The minimum Gasteiger partial charge on any atom is -0.462 e. The maximum atomic E-state index is 12.8. The van der Waals surface area contributed by atoms with Gasteiger partial charge in [-0.25, -0.2) is 0 Å². The van der Waals surface area contributed by atoms with E-state index in [2.05, 4.69) is 50.3 Å². The van der Waals surface area contributed by atoms with Gasteiger partial charge in [-0.15, -0.1) is 0 Å². The summed E-state index contributed by atoms with van der Waals surface area (Å²) in [7, 11) is -4.60. The average Bonchev–Trinajstić information content (AvgIpc) is 3.14. The number of allylic oxidation sites excluding steroid dienone is 6. The smallest absolute Gasteiger partial charge is 0.306 e. The molecular weight excluding hydrogens is 729 g/mol. The quantitative estimate of drug-likeness (QED) is 0.0214. The number of ether oxygens (including phenoxy) is 4. The predicted octanol–water partition coefficient (Wildman–Crippen LogP) is 7.83. The second kappa shape index (κ2) is 32.9. The van der Waals surface area contributed by atoms with Crippen molar-refractivity contribution in [3.05, 3.63) is 36.5 Å². The highest BCUT2D eigenvalue weighted by Crippen LogP contribution is 2.24. The van der Waals surface area contributed by atoms with Crippen molar-refractivity contribution < 1.29 is 56.8 Å². The lowest BCUT2D eigenvalue weighted by Gasteiger charge is -2.40. The molecule has 6 atom stereocenters. The van der Waals surface area contributed by atoms with Crippen molar-refractivity contribution in [3.63, 3.8) is 0 Å². The zero-order valence-corrected chi connectivity index (χ0v) is 34.6. The first-order chi connectivity index (χ1) is 26.5. The number of aliphatic hydroxyl groups excluding tert-OH is 3. The number of carbonyl (C=O) groups excluding carboxylic acids is 2. The molecule has 12 nitrogen and oxygen atoms in total. The van der Waals surface area contributed by atoms with Crippen molar-refractivity contribution in [2.75, 3.05) is 19.0 Å². The second-order valence-corrected chi connectivity index (χ2v) is 16.1. The third-order valence-electron chi connectivity index (χ3n) is 9.44. The molecule has 0 amide bonds. The Morgan fingerprint density at radius 3 is 1.67 bits per heavy atom. The molecule has 320 valence electrons. The standard InChI is InChI=1S/C42H74O12S/c1-3-5-7-9-11-13-15-16-17-18-19-21-23-25-27-29-31-38(44)53-35(32-51-37(43)30-28-26-24-22-20-14-12-10-8-6-4-2)33-52-42-41(47)40(46)39(45)36(54-42)34-55(48,49)50/h10,12-13,15,17-18,35-36,39-42,45-47H,3-9,11,14,16,19-34H2,1-2H3,(H,48,49,50)/b12-10-,15-13-,18-17-. The molecule has 0 aliphatic carbocycles. The Balaban J connectivity index is 2.50. The van der Waals surface area contributed by atoms with Gasteiger partial charge in [0.15, 0.2) is 12.4 Å². The number of hydrogen-bond acceptors (Lipinski definition) is 11. The van der Waals surface area contributed by atoms with E-state index >= 15 is 0 Å². The monoisotopic (exact) mass is 802 g/mol. The van der Waals surface area contributed by atoms with Crippen LogP contribution in [0.1, 0.15) is 162 Å². The van der Waals surface area contributed by atoms with E-state index in [1.54, 1.807) is 0 Å². The molecular formula is C42H74O12S. The molecule has 0 radical (unpaired) electrons. The Hall–Kier alpha value is -2.13. The number of aliphatic hydroxyl groups is 3. The highest BCUT2D eigenvalue weighted by molar-refractivity contribution is 7.85. The van der Waals surface area contributed by atoms with Crippen LogP contribution < -0.4 is 0 Å². The first kappa shape index (κ1) is 50.9. The largest absolute Gasteiger partial charge is 0.462 e. The molecule has 1 fully saturated rings. The highest BCUT2D eigenvalue weighted by atomic mass is 32.2. The fourth-order valence-electron chi connectivity index (χ4n) is 6.10. The molecule has 1 aliphatic heterocycles. The number of rotatable bonds is 34. The summed E-state index contributed by atoms with van der Waals surface area (Å²) in [6.45, 7) is 3.66. The normalized spacial score (nSPS) is 21.2. The Kier molecular flexibility index (Phi) is 30.4. The molecule has 6 unspecified atom stereocenters. The fraction of sp³-hybridized carbons (Fsp3) is 0.810. The molecule has 55 heavy (non-hydrogen) atoms. The third-order valence-corrected chi connectivity index (χ3v) is 10.2. The lowest BCUT2D eigenvalue weighted by Crippen LogP contribution is -2.60. The summed E-state index contributed by atoms with van der Waals surface area (Å²) in [4.78, 5) is 25.3. The zero-order chi connectivity index (χ0) is 40.6. The summed E-state index contributed by atoms with van der Waals surface area (Å²) in [5.74, 6) is -2.02. The summed E-state index contributed by atoms with van der Waals surface area (Å²) in [5.41, 5.74) is 0. The van der Waals surface area contributed by atoms with E-state index in [0.29, 0.717) is 12.8 Å². The number of esters is 2. The molecule has 0 aromatic rings. The van der Waals surface area contributed by atoms with Crippen LogP contribution in [0.4, 0.5) is 0 Å². The third kappa shape index (κ3) is 28.0. The van der Waals surface area contributed by atoms with E-state index in [1.807, 2.05) is 0 Å².